The second-order valence-corrected chi connectivity index (χ2v) is 7.31. The van der Waals surface area contributed by atoms with E-state index in [1.807, 2.05) is 24.3 Å². The average Bonchev–Trinajstić information content (AvgIpc) is 3.17. The van der Waals surface area contributed by atoms with Gasteiger partial charge in [0.1, 0.15) is 0 Å². The monoisotopic (exact) mass is 372 g/mol. The quantitative estimate of drug-likeness (QED) is 0.792. The van der Waals surface area contributed by atoms with Gasteiger partial charge in [0.15, 0.2) is 23.0 Å². The van der Waals surface area contributed by atoms with Crippen LogP contribution >= 0.6 is 0 Å². The molecule has 1 fully saturated rings. The van der Waals surface area contributed by atoms with Crippen LogP contribution in [0.4, 0.5) is 0 Å². The summed E-state index contributed by atoms with van der Waals surface area (Å²) in [6.07, 6.45) is 0. The minimum absolute atomic E-state index is 0.150. The Morgan fingerprint density at radius 2 is 1.22 bits per heavy atom. The number of rotatable bonds is 6. The summed E-state index contributed by atoms with van der Waals surface area (Å²) in [7, 11) is 3.12. The lowest BCUT2D eigenvalue weighted by Crippen LogP contribution is -2.23. The summed E-state index contributed by atoms with van der Waals surface area (Å²) < 4.78 is 16.4. The molecule has 5 heteroatoms. The van der Waals surface area contributed by atoms with Gasteiger partial charge in [-0.1, -0.05) is 26.0 Å². The molecule has 5 nitrogen and oxygen atoms in total. The van der Waals surface area contributed by atoms with E-state index in [9.17, 15) is 10.2 Å². The molecule has 2 aromatic rings. The fraction of sp³-hybridized carbons (Fsp3) is 0.455. The molecule has 1 aliphatic heterocycles. The maximum absolute atomic E-state index is 9.86. The molecule has 0 aromatic heterocycles. The summed E-state index contributed by atoms with van der Waals surface area (Å²) in [5.41, 5.74) is 2.25. The van der Waals surface area contributed by atoms with Crippen LogP contribution in [0.25, 0.3) is 0 Å². The van der Waals surface area contributed by atoms with E-state index in [1.54, 1.807) is 26.4 Å². The number of aromatic hydroxyl groups is 2. The molecule has 3 rings (SSSR count). The number of hydrogen-bond donors (Lipinski definition) is 2. The van der Waals surface area contributed by atoms with E-state index in [0.717, 1.165) is 11.1 Å². The van der Waals surface area contributed by atoms with Crippen molar-refractivity contribution in [2.75, 3.05) is 27.4 Å². The molecule has 27 heavy (non-hydrogen) atoms. The first-order chi connectivity index (χ1) is 13.0. The molecule has 0 saturated carbocycles. The molecule has 2 aromatic carbocycles. The van der Waals surface area contributed by atoms with Gasteiger partial charge in [-0.2, -0.15) is 0 Å². The number of ether oxygens (including phenoxy) is 3. The van der Waals surface area contributed by atoms with Gasteiger partial charge in [0.2, 0.25) is 0 Å². The van der Waals surface area contributed by atoms with Crippen molar-refractivity contribution in [1.29, 1.82) is 0 Å². The summed E-state index contributed by atoms with van der Waals surface area (Å²) in [6, 6.07) is 11.1. The average molecular weight is 372 g/mol. The fourth-order valence-electron chi connectivity index (χ4n) is 4.07. The van der Waals surface area contributed by atoms with Crippen LogP contribution in [-0.2, 0) is 4.74 Å². The van der Waals surface area contributed by atoms with Gasteiger partial charge >= 0.3 is 0 Å². The Kier molecular flexibility index (Phi) is 5.80. The van der Waals surface area contributed by atoms with Gasteiger partial charge < -0.3 is 24.4 Å². The first-order valence-electron chi connectivity index (χ1n) is 9.27. The molecule has 2 unspecified atom stereocenters. The molecule has 0 radical (unpaired) electrons. The van der Waals surface area contributed by atoms with Crippen molar-refractivity contribution in [3.63, 3.8) is 0 Å². The predicted octanol–water partition coefficient (Wildman–Crippen LogP) is 4.28. The van der Waals surface area contributed by atoms with Crippen molar-refractivity contribution in [1.82, 2.24) is 0 Å². The van der Waals surface area contributed by atoms with Crippen LogP contribution in [0.2, 0.25) is 0 Å². The molecule has 2 N–H and O–H groups in total. The summed E-state index contributed by atoms with van der Waals surface area (Å²) >= 11 is 0. The lowest BCUT2D eigenvalue weighted by Gasteiger charge is -2.29. The number of phenolic OH excluding ortho intramolecular Hbond substituents is 2. The molecule has 4 atom stereocenters. The standard InChI is InChI=1S/C22H28O5/c1-13(15-5-7-19(23)21(9-15)25-3)17-11-27-12-18(17)14(2)16-6-8-20(24)22(10-16)26-4/h5-10,13-14,17-18,23-24H,11-12H2,1-4H3/t13?,14?,17-,18-/m1/s1. The summed E-state index contributed by atoms with van der Waals surface area (Å²) in [6.45, 7) is 5.80. The molecular weight excluding hydrogens is 344 g/mol. The third kappa shape index (κ3) is 3.83. The smallest absolute Gasteiger partial charge is 0.160 e. The molecule has 0 spiro atoms. The highest BCUT2D eigenvalue weighted by Gasteiger charge is 2.37. The highest BCUT2D eigenvalue weighted by Crippen LogP contribution is 2.44. The van der Waals surface area contributed by atoms with Gasteiger partial charge in [-0.05, 0) is 59.1 Å². The SMILES string of the molecule is COc1cc(C(C)[C@H]2COC[C@@H]2C(C)c2ccc(O)c(OC)c2)ccc1O. The maximum Gasteiger partial charge on any atom is 0.160 e. The third-order valence-electron chi connectivity index (χ3n) is 5.91. The topological polar surface area (TPSA) is 68.2 Å². The van der Waals surface area contributed by atoms with Crippen LogP contribution in [0, 0.1) is 11.8 Å². The van der Waals surface area contributed by atoms with E-state index in [2.05, 4.69) is 13.8 Å². The lowest BCUT2D eigenvalue weighted by atomic mass is 9.74. The largest absolute Gasteiger partial charge is 0.504 e. The van der Waals surface area contributed by atoms with E-state index in [1.165, 1.54) is 0 Å². The van der Waals surface area contributed by atoms with Crippen LogP contribution in [-0.4, -0.2) is 37.6 Å². The first kappa shape index (κ1) is 19.4. The van der Waals surface area contributed by atoms with Crippen LogP contribution in [0.15, 0.2) is 36.4 Å². The van der Waals surface area contributed by atoms with E-state index in [4.69, 9.17) is 14.2 Å². The minimum Gasteiger partial charge on any atom is -0.504 e. The van der Waals surface area contributed by atoms with Crippen LogP contribution in [0.1, 0.15) is 36.8 Å². The van der Waals surface area contributed by atoms with Crippen molar-refractivity contribution in [2.45, 2.75) is 25.7 Å². The van der Waals surface area contributed by atoms with Crippen LogP contribution < -0.4 is 9.47 Å². The van der Waals surface area contributed by atoms with Gasteiger partial charge in [0, 0.05) is 0 Å². The van der Waals surface area contributed by atoms with Gasteiger partial charge in [-0.3, -0.25) is 0 Å². The number of hydrogen-bond acceptors (Lipinski definition) is 5. The van der Waals surface area contributed by atoms with Crippen molar-refractivity contribution < 1.29 is 24.4 Å². The Morgan fingerprint density at radius 3 is 1.59 bits per heavy atom. The zero-order chi connectivity index (χ0) is 19.6. The van der Waals surface area contributed by atoms with Crippen molar-refractivity contribution in [3.8, 4) is 23.0 Å². The van der Waals surface area contributed by atoms with E-state index in [0.29, 0.717) is 36.5 Å². The number of methoxy groups -OCH3 is 2. The third-order valence-corrected chi connectivity index (χ3v) is 5.91. The number of benzene rings is 2. The second-order valence-electron chi connectivity index (χ2n) is 7.31. The fourth-order valence-corrected chi connectivity index (χ4v) is 4.07. The maximum atomic E-state index is 9.86. The highest BCUT2D eigenvalue weighted by molar-refractivity contribution is 5.44. The Balaban J connectivity index is 1.84. The Labute approximate surface area is 160 Å². The molecule has 1 saturated heterocycles. The van der Waals surface area contributed by atoms with Crippen molar-refractivity contribution >= 4 is 0 Å². The zero-order valence-electron chi connectivity index (χ0n) is 16.3. The van der Waals surface area contributed by atoms with E-state index >= 15 is 0 Å². The molecule has 146 valence electrons. The van der Waals surface area contributed by atoms with Crippen molar-refractivity contribution in [3.05, 3.63) is 47.5 Å². The van der Waals surface area contributed by atoms with E-state index < -0.39 is 0 Å². The first-order valence-corrected chi connectivity index (χ1v) is 9.27. The molecule has 0 aliphatic carbocycles. The van der Waals surface area contributed by atoms with E-state index in [-0.39, 0.29) is 23.3 Å². The van der Waals surface area contributed by atoms with Gasteiger partial charge in [0.05, 0.1) is 27.4 Å². The van der Waals surface area contributed by atoms with Crippen molar-refractivity contribution in [2.24, 2.45) is 11.8 Å². The van der Waals surface area contributed by atoms with Gasteiger partial charge in [0.25, 0.3) is 0 Å². The molecular formula is C22H28O5. The van der Waals surface area contributed by atoms with Gasteiger partial charge in [-0.25, -0.2) is 0 Å². The second kappa shape index (κ2) is 8.09. The number of phenols is 2. The summed E-state index contributed by atoms with van der Waals surface area (Å²) in [5.74, 6) is 2.48. The molecule has 0 bridgehead atoms. The highest BCUT2D eigenvalue weighted by atomic mass is 16.5. The minimum atomic E-state index is 0.150. The van der Waals surface area contributed by atoms with Crippen LogP contribution in [0.5, 0.6) is 23.0 Å². The van der Waals surface area contributed by atoms with Crippen LogP contribution in [0.3, 0.4) is 0 Å². The van der Waals surface area contributed by atoms with Gasteiger partial charge in [-0.15, -0.1) is 0 Å². The Bertz CT molecular complexity index is 723. The normalized spacial score (nSPS) is 21.6. The Hall–Kier alpha value is -2.40. The summed E-state index contributed by atoms with van der Waals surface area (Å²) in [5, 5.41) is 19.7. The predicted molar refractivity (Wildman–Crippen MR) is 104 cm³/mol. The molecule has 0 amide bonds. The lowest BCUT2D eigenvalue weighted by molar-refractivity contribution is 0.176. The molecule has 1 aliphatic rings. The Morgan fingerprint density at radius 1 is 0.815 bits per heavy atom. The zero-order valence-corrected chi connectivity index (χ0v) is 16.3. The summed E-state index contributed by atoms with van der Waals surface area (Å²) in [4.78, 5) is 0. The molecule has 1 heterocycles.